The second kappa shape index (κ2) is 6.54. The molecule has 0 amide bonds. The average Bonchev–Trinajstić information content (AvgIpc) is 2.62. The van der Waals surface area contributed by atoms with Gasteiger partial charge < -0.3 is 10.1 Å². The fourth-order valence-electron chi connectivity index (χ4n) is 2.67. The van der Waals surface area contributed by atoms with Crippen molar-refractivity contribution in [2.45, 2.75) is 47.1 Å². The molecule has 0 atom stereocenters. The van der Waals surface area contributed by atoms with Gasteiger partial charge in [-0.1, -0.05) is 6.92 Å². The number of rotatable bonds is 7. The highest BCUT2D eigenvalue weighted by molar-refractivity contribution is 6.03. The zero-order valence-electron chi connectivity index (χ0n) is 13.8. The van der Waals surface area contributed by atoms with E-state index in [1.54, 1.807) is 27.7 Å². The minimum atomic E-state index is -0.846. The van der Waals surface area contributed by atoms with Crippen LogP contribution in [0.1, 0.15) is 59.8 Å². The van der Waals surface area contributed by atoms with Gasteiger partial charge in [0.25, 0.3) is 0 Å². The lowest BCUT2D eigenvalue weighted by Gasteiger charge is -2.27. The fourth-order valence-corrected chi connectivity index (χ4v) is 2.67. The van der Waals surface area contributed by atoms with Crippen LogP contribution in [-0.2, 0) is 0 Å². The van der Waals surface area contributed by atoms with E-state index in [0.29, 0.717) is 29.9 Å². The maximum absolute atomic E-state index is 12.4. The number of H-pyrrole nitrogens is 1. The van der Waals surface area contributed by atoms with Crippen LogP contribution >= 0.6 is 0 Å². The van der Waals surface area contributed by atoms with Gasteiger partial charge in [0.2, 0.25) is 0 Å². The van der Waals surface area contributed by atoms with Crippen LogP contribution in [-0.4, -0.2) is 51.8 Å². The molecule has 1 heterocycles. The van der Waals surface area contributed by atoms with Crippen molar-refractivity contribution in [3.05, 3.63) is 22.5 Å². The first kappa shape index (κ1) is 17.6. The minimum absolute atomic E-state index is 0.0378. The van der Waals surface area contributed by atoms with Crippen LogP contribution < -0.4 is 0 Å². The van der Waals surface area contributed by atoms with Crippen LogP contribution in [0.5, 0.6) is 0 Å². The number of Topliss-reactive ketones (excluding diaryl/α,β-unsaturated/α-hetero) is 2. The van der Waals surface area contributed by atoms with Crippen molar-refractivity contribution in [3.63, 3.8) is 0 Å². The highest BCUT2D eigenvalue weighted by Crippen LogP contribution is 2.19. The predicted octanol–water partition coefficient (Wildman–Crippen LogP) is 2.11. The van der Waals surface area contributed by atoms with Crippen LogP contribution in [0.15, 0.2) is 0 Å². The summed E-state index contributed by atoms with van der Waals surface area (Å²) >= 11 is 0. The van der Waals surface area contributed by atoms with E-state index >= 15 is 0 Å². The van der Waals surface area contributed by atoms with E-state index in [-0.39, 0.29) is 18.1 Å². The largest absolute Gasteiger partial charge is 0.389 e. The van der Waals surface area contributed by atoms with E-state index in [1.165, 1.54) is 6.92 Å². The molecule has 21 heavy (non-hydrogen) atoms. The fraction of sp³-hybridized carbons (Fsp3) is 0.625. The topological polar surface area (TPSA) is 73.4 Å². The van der Waals surface area contributed by atoms with Gasteiger partial charge >= 0.3 is 0 Å². The van der Waals surface area contributed by atoms with Crippen LogP contribution in [0.3, 0.4) is 0 Å². The van der Waals surface area contributed by atoms with Crippen molar-refractivity contribution >= 4 is 11.6 Å². The summed E-state index contributed by atoms with van der Waals surface area (Å²) in [6, 6.07) is 0. The molecule has 1 aromatic heterocycles. The number of nitrogens with zero attached hydrogens (tertiary/aromatic N) is 1. The second-order valence-electron chi connectivity index (χ2n) is 6.22. The summed E-state index contributed by atoms with van der Waals surface area (Å²) in [5.41, 5.74) is 1.69. The summed E-state index contributed by atoms with van der Waals surface area (Å²) in [4.78, 5) is 29.0. The van der Waals surface area contributed by atoms with Crippen LogP contribution in [0, 0.1) is 13.8 Å². The zero-order chi connectivity index (χ0) is 16.4. The Bertz CT molecular complexity index is 538. The molecule has 0 unspecified atom stereocenters. The summed E-state index contributed by atoms with van der Waals surface area (Å²) in [6.45, 7) is 11.8. The predicted molar refractivity (Wildman–Crippen MR) is 83.0 cm³/mol. The van der Waals surface area contributed by atoms with Crippen molar-refractivity contribution < 1.29 is 14.7 Å². The van der Waals surface area contributed by atoms with Crippen molar-refractivity contribution in [2.24, 2.45) is 0 Å². The van der Waals surface area contributed by atoms with Gasteiger partial charge in [-0.2, -0.15) is 0 Å². The van der Waals surface area contributed by atoms with E-state index in [4.69, 9.17) is 0 Å². The summed E-state index contributed by atoms with van der Waals surface area (Å²) in [7, 11) is 0. The molecule has 0 radical (unpaired) electrons. The Kier molecular flexibility index (Phi) is 5.48. The number of aryl methyl sites for hydroxylation is 1. The van der Waals surface area contributed by atoms with Gasteiger partial charge in [-0.05, 0) is 46.7 Å². The molecule has 5 heteroatoms. The average molecular weight is 294 g/mol. The van der Waals surface area contributed by atoms with Crippen LogP contribution in [0.4, 0.5) is 0 Å². The first-order valence-corrected chi connectivity index (χ1v) is 7.24. The van der Waals surface area contributed by atoms with Gasteiger partial charge in [-0.25, -0.2) is 0 Å². The molecule has 0 aromatic carbocycles. The quantitative estimate of drug-likeness (QED) is 0.755. The molecule has 0 fully saturated rings. The number of carbonyl (C=O) groups excluding carboxylic acids is 2. The third-order valence-electron chi connectivity index (χ3n) is 3.49. The molecular formula is C16H26N2O3. The second-order valence-corrected chi connectivity index (χ2v) is 6.22. The number of nitrogens with one attached hydrogen (secondary N) is 1. The third-order valence-corrected chi connectivity index (χ3v) is 3.49. The van der Waals surface area contributed by atoms with Crippen molar-refractivity contribution in [1.82, 2.24) is 9.88 Å². The molecule has 1 aromatic rings. The summed E-state index contributed by atoms with van der Waals surface area (Å²) < 4.78 is 0. The zero-order valence-corrected chi connectivity index (χ0v) is 13.8. The van der Waals surface area contributed by atoms with E-state index < -0.39 is 5.60 Å². The Morgan fingerprint density at radius 3 is 2.24 bits per heavy atom. The Hall–Kier alpha value is -1.46. The first-order chi connectivity index (χ1) is 9.56. The highest BCUT2D eigenvalue weighted by atomic mass is 16.3. The third kappa shape index (κ3) is 4.51. The molecule has 5 nitrogen and oxygen atoms in total. The summed E-state index contributed by atoms with van der Waals surface area (Å²) in [5.74, 6) is -0.0988. The number of likely N-dealkylation sites (N-methyl/N-ethyl adjacent to an activating group) is 1. The Labute approximate surface area is 126 Å². The molecule has 0 aliphatic heterocycles. The molecule has 2 N–H and O–H groups in total. The van der Waals surface area contributed by atoms with E-state index in [2.05, 4.69) is 4.98 Å². The lowest BCUT2D eigenvalue weighted by molar-refractivity contribution is 0.0375. The lowest BCUT2D eigenvalue weighted by atomic mass is 10.0. The molecule has 0 spiro atoms. The van der Waals surface area contributed by atoms with Gasteiger partial charge in [-0.3, -0.25) is 14.5 Å². The molecule has 1 rings (SSSR count). The molecule has 0 saturated carbocycles. The van der Waals surface area contributed by atoms with E-state index in [0.717, 1.165) is 5.69 Å². The number of aromatic amines is 1. The number of hydrogen-bond donors (Lipinski definition) is 2. The van der Waals surface area contributed by atoms with Crippen molar-refractivity contribution in [2.75, 3.05) is 19.6 Å². The number of aromatic nitrogens is 1. The number of carbonyl (C=O) groups is 2. The number of hydrogen-bond acceptors (Lipinski definition) is 4. The Balaban J connectivity index is 2.94. The maximum atomic E-state index is 12.4. The van der Waals surface area contributed by atoms with Crippen LogP contribution in [0.25, 0.3) is 0 Å². The maximum Gasteiger partial charge on any atom is 0.193 e. The molecular weight excluding hydrogens is 268 g/mol. The van der Waals surface area contributed by atoms with Crippen LogP contribution in [0.2, 0.25) is 0 Å². The lowest BCUT2D eigenvalue weighted by Crippen LogP contribution is -2.41. The Morgan fingerprint density at radius 1 is 1.29 bits per heavy atom. The SMILES string of the molecule is CCN(CC(=O)c1[nH]c(C)c(C(C)=O)c1C)CC(C)(C)O. The monoisotopic (exact) mass is 294 g/mol. The first-order valence-electron chi connectivity index (χ1n) is 7.24. The van der Waals surface area contributed by atoms with E-state index in [9.17, 15) is 14.7 Å². The number of ketones is 2. The summed E-state index contributed by atoms with van der Waals surface area (Å²) in [6.07, 6.45) is 0. The normalized spacial score (nSPS) is 12.0. The standard InChI is InChI=1S/C16H26N2O3/c1-7-18(9-16(5,6)21)8-13(20)15-10(2)14(12(4)19)11(3)17-15/h17,21H,7-9H2,1-6H3. The van der Waals surface area contributed by atoms with Crippen molar-refractivity contribution in [3.8, 4) is 0 Å². The van der Waals surface area contributed by atoms with Gasteiger partial charge in [0.15, 0.2) is 11.6 Å². The van der Waals surface area contributed by atoms with E-state index in [1.807, 2.05) is 11.8 Å². The number of aliphatic hydroxyl groups is 1. The van der Waals surface area contributed by atoms with Gasteiger partial charge in [0, 0.05) is 17.8 Å². The molecule has 118 valence electrons. The molecule has 0 saturated heterocycles. The highest BCUT2D eigenvalue weighted by Gasteiger charge is 2.23. The molecule has 0 aliphatic rings. The van der Waals surface area contributed by atoms with Gasteiger partial charge in [0.05, 0.1) is 17.8 Å². The Morgan fingerprint density at radius 2 is 1.86 bits per heavy atom. The summed E-state index contributed by atoms with van der Waals surface area (Å²) in [5, 5.41) is 9.87. The smallest absolute Gasteiger partial charge is 0.193 e. The molecule has 0 aliphatic carbocycles. The molecule has 0 bridgehead atoms. The van der Waals surface area contributed by atoms with Gasteiger partial charge in [-0.15, -0.1) is 0 Å². The van der Waals surface area contributed by atoms with Gasteiger partial charge in [0.1, 0.15) is 0 Å². The van der Waals surface area contributed by atoms with Crippen molar-refractivity contribution in [1.29, 1.82) is 0 Å². The minimum Gasteiger partial charge on any atom is -0.389 e.